The molecule has 6 nitrogen and oxygen atoms in total. The van der Waals surface area contributed by atoms with Crippen molar-refractivity contribution < 1.29 is 13.9 Å². The van der Waals surface area contributed by atoms with Gasteiger partial charge in [-0.15, -0.1) is 0 Å². The molecule has 0 aliphatic rings. The molecule has 0 radical (unpaired) electrons. The van der Waals surface area contributed by atoms with Gasteiger partial charge in [0.05, 0.1) is 15.2 Å². The highest BCUT2D eigenvalue weighted by Gasteiger charge is 2.17. The fraction of sp³-hybridized carbons (Fsp3) is 0.118. The van der Waals surface area contributed by atoms with Crippen LogP contribution in [0.3, 0.4) is 0 Å². The summed E-state index contributed by atoms with van der Waals surface area (Å²) in [5, 5.41) is 17.8. The Morgan fingerprint density at radius 3 is 2.85 bits per heavy atom. The Balaban J connectivity index is 1.95. The van der Waals surface area contributed by atoms with Crippen LogP contribution in [0.5, 0.6) is 11.5 Å². The van der Waals surface area contributed by atoms with Crippen LogP contribution in [0.4, 0.5) is 4.39 Å². The molecule has 0 atom stereocenters. The molecule has 0 amide bonds. The lowest BCUT2D eigenvalue weighted by molar-refractivity contribution is -0.606. The second-order valence-corrected chi connectivity index (χ2v) is 6.87. The summed E-state index contributed by atoms with van der Waals surface area (Å²) in [6.45, 7) is 1.64. The van der Waals surface area contributed by atoms with Gasteiger partial charge in [-0.3, -0.25) is 4.79 Å². The zero-order valence-corrected chi connectivity index (χ0v) is 15.8. The number of H-pyrrole nitrogens is 1. The smallest absolute Gasteiger partial charge is 0.267 e. The van der Waals surface area contributed by atoms with Gasteiger partial charge in [0.1, 0.15) is 0 Å². The van der Waals surface area contributed by atoms with Crippen LogP contribution in [0.2, 0.25) is 5.02 Å². The van der Waals surface area contributed by atoms with E-state index in [0.29, 0.717) is 20.5 Å². The molecule has 26 heavy (non-hydrogen) atoms. The number of hydrogen-bond donors (Lipinski definition) is 1. The van der Waals surface area contributed by atoms with Crippen LogP contribution in [0.1, 0.15) is 16.8 Å². The minimum Gasteiger partial charge on any atom is -0.619 e. The summed E-state index contributed by atoms with van der Waals surface area (Å²) < 4.78 is 21.4. The SMILES string of the molecule is Cc1cc(Cc2ccc(Cl)c(Oc3cc(Br)c[n+]([O-])c3)c2F)n[nH]c1=O. The Morgan fingerprint density at radius 1 is 1.38 bits per heavy atom. The molecule has 0 spiro atoms. The van der Waals surface area contributed by atoms with Gasteiger partial charge in [0, 0.05) is 18.1 Å². The second kappa shape index (κ2) is 7.43. The minimum absolute atomic E-state index is 0.0642. The third kappa shape index (κ3) is 4.03. The molecule has 2 aromatic heterocycles. The van der Waals surface area contributed by atoms with Gasteiger partial charge in [-0.05, 0) is 40.5 Å². The lowest BCUT2D eigenvalue weighted by atomic mass is 10.1. The third-order valence-corrected chi connectivity index (χ3v) is 4.28. The van der Waals surface area contributed by atoms with Gasteiger partial charge in [-0.25, -0.2) is 9.49 Å². The number of rotatable bonds is 4. The monoisotopic (exact) mass is 439 g/mol. The molecule has 3 rings (SSSR count). The predicted molar refractivity (Wildman–Crippen MR) is 97.0 cm³/mol. The summed E-state index contributed by atoms with van der Waals surface area (Å²) in [6, 6.07) is 6.12. The summed E-state index contributed by atoms with van der Waals surface area (Å²) in [5.74, 6) is -0.727. The van der Waals surface area contributed by atoms with E-state index in [2.05, 4.69) is 26.1 Å². The van der Waals surface area contributed by atoms with E-state index in [-0.39, 0.29) is 34.1 Å². The van der Waals surface area contributed by atoms with Gasteiger partial charge in [0.2, 0.25) is 6.20 Å². The highest BCUT2D eigenvalue weighted by Crippen LogP contribution is 2.34. The van der Waals surface area contributed by atoms with Crippen molar-refractivity contribution >= 4 is 27.5 Å². The number of nitrogens with one attached hydrogen (secondary N) is 1. The van der Waals surface area contributed by atoms with E-state index in [1.54, 1.807) is 13.0 Å². The van der Waals surface area contributed by atoms with E-state index < -0.39 is 5.82 Å². The normalized spacial score (nSPS) is 10.8. The highest BCUT2D eigenvalue weighted by atomic mass is 79.9. The molecule has 2 heterocycles. The lowest BCUT2D eigenvalue weighted by Gasteiger charge is -2.11. The number of aromatic nitrogens is 3. The van der Waals surface area contributed by atoms with Crippen LogP contribution in [0.15, 0.2) is 45.9 Å². The largest absolute Gasteiger partial charge is 0.619 e. The van der Waals surface area contributed by atoms with E-state index in [4.69, 9.17) is 16.3 Å². The Morgan fingerprint density at radius 2 is 2.15 bits per heavy atom. The van der Waals surface area contributed by atoms with Crippen molar-refractivity contribution in [2.75, 3.05) is 0 Å². The molecule has 0 bridgehead atoms. The van der Waals surface area contributed by atoms with Crippen molar-refractivity contribution in [1.82, 2.24) is 10.2 Å². The summed E-state index contributed by atoms with van der Waals surface area (Å²) >= 11 is 9.23. The number of ether oxygens (including phenoxy) is 1. The molecule has 0 aliphatic carbocycles. The number of halogens is 3. The van der Waals surface area contributed by atoms with Crippen LogP contribution < -0.4 is 15.0 Å². The molecular formula is C17H12BrClFN3O3. The molecule has 0 saturated carbocycles. The molecule has 0 unspecified atom stereocenters. The Bertz CT molecular complexity index is 1020. The fourth-order valence-corrected chi connectivity index (χ4v) is 2.93. The zero-order chi connectivity index (χ0) is 18.8. The van der Waals surface area contributed by atoms with Crippen LogP contribution in [0, 0.1) is 17.9 Å². The molecule has 0 fully saturated rings. The van der Waals surface area contributed by atoms with E-state index in [1.807, 2.05) is 0 Å². The first kappa shape index (κ1) is 18.3. The second-order valence-electron chi connectivity index (χ2n) is 5.55. The zero-order valence-electron chi connectivity index (χ0n) is 13.4. The average Bonchev–Trinajstić information content (AvgIpc) is 2.56. The summed E-state index contributed by atoms with van der Waals surface area (Å²) in [7, 11) is 0. The van der Waals surface area contributed by atoms with Crippen LogP contribution in [0.25, 0.3) is 0 Å². The van der Waals surface area contributed by atoms with E-state index >= 15 is 0 Å². The first-order chi connectivity index (χ1) is 12.3. The summed E-state index contributed by atoms with van der Waals surface area (Å²) in [6.07, 6.45) is 2.57. The lowest BCUT2D eigenvalue weighted by Crippen LogP contribution is -2.24. The summed E-state index contributed by atoms with van der Waals surface area (Å²) in [4.78, 5) is 11.4. The van der Waals surface area contributed by atoms with E-state index in [1.165, 1.54) is 24.4 Å². The Labute approximate surface area is 160 Å². The maximum Gasteiger partial charge on any atom is 0.267 e. The molecule has 134 valence electrons. The Kier molecular flexibility index (Phi) is 5.24. The summed E-state index contributed by atoms with van der Waals surface area (Å²) in [5.41, 5.74) is 0.965. The molecule has 1 N–H and O–H groups in total. The minimum atomic E-state index is -0.666. The van der Waals surface area contributed by atoms with Gasteiger partial charge in [0.15, 0.2) is 23.5 Å². The number of aromatic amines is 1. The van der Waals surface area contributed by atoms with Crippen molar-refractivity contribution in [3.63, 3.8) is 0 Å². The molecule has 0 saturated heterocycles. The first-order valence-corrected chi connectivity index (χ1v) is 8.60. The molecule has 1 aromatic carbocycles. The molecule has 9 heteroatoms. The number of benzene rings is 1. The number of aryl methyl sites for hydroxylation is 1. The van der Waals surface area contributed by atoms with Crippen LogP contribution in [-0.4, -0.2) is 10.2 Å². The van der Waals surface area contributed by atoms with Crippen LogP contribution >= 0.6 is 27.5 Å². The van der Waals surface area contributed by atoms with Crippen LogP contribution in [-0.2, 0) is 6.42 Å². The van der Waals surface area contributed by atoms with Crippen molar-refractivity contribution in [3.8, 4) is 11.5 Å². The van der Waals surface area contributed by atoms with Crippen molar-refractivity contribution in [1.29, 1.82) is 0 Å². The van der Waals surface area contributed by atoms with Gasteiger partial charge >= 0.3 is 0 Å². The standard InChI is InChI=1S/C17H12BrClFN3O3/c1-9-4-12(21-22-17(9)24)5-10-2-3-14(19)16(15(10)20)26-13-6-11(18)7-23(25)8-13/h2-4,6-8H,5H2,1H3,(H,22,24). The molecule has 0 aliphatic heterocycles. The predicted octanol–water partition coefficient (Wildman–Crippen LogP) is 3.65. The van der Waals surface area contributed by atoms with Gasteiger partial charge < -0.3 is 9.94 Å². The average molecular weight is 441 g/mol. The first-order valence-electron chi connectivity index (χ1n) is 7.43. The maximum absolute atomic E-state index is 14.9. The fourth-order valence-electron chi connectivity index (χ4n) is 2.32. The molecule has 3 aromatic rings. The maximum atomic E-state index is 14.9. The van der Waals surface area contributed by atoms with Crippen molar-refractivity contribution in [2.45, 2.75) is 13.3 Å². The van der Waals surface area contributed by atoms with E-state index in [9.17, 15) is 14.4 Å². The van der Waals surface area contributed by atoms with E-state index in [0.717, 1.165) is 6.20 Å². The molecular weight excluding hydrogens is 429 g/mol. The number of hydrogen-bond acceptors (Lipinski definition) is 4. The van der Waals surface area contributed by atoms with Gasteiger partial charge in [-0.2, -0.15) is 9.83 Å². The quantitative estimate of drug-likeness (QED) is 0.496. The number of pyridine rings is 1. The Hall–Kier alpha value is -2.45. The number of nitrogens with zero attached hydrogens (tertiary/aromatic N) is 2. The topological polar surface area (TPSA) is 81.9 Å². The van der Waals surface area contributed by atoms with Crippen molar-refractivity contribution in [2.24, 2.45) is 0 Å². The van der Waals surface area contributed by atoms with Gasteiger partial charge in [-0.1, -0.05) is 17.7 Å². The highest BCUT2D eigenvalue weighted by molar-refractivity contribution is 9.10. The van der Waals surface area contributed by atoms with Gasteiger partial charge in [0.25, 0.3) is 5.56 Å². The van der Waals surface area contributed by atoms with Crippen molar-refractivity contribution in [3.05, 3.63) is 84.4 Å². The third-order valence-electron chi connectivity index (χ3n) is 3.55.